The smallest absolute Gasteiger partial charge is 0.173 e. The van der Waals surface area contributed by atoms with Crippen molar-refractivity contribution in [2.45, 2.75) is 25.9 Å². The number of tetrazole rings is 1. The molecular weight excluding hydrogens is 354 g/mol. The molecule has 1 heterocycles. The van der Waals surface area contributed by atoms with Crippen LogP contribution >= 0.6 is 0 Å². The molecule has 28 heavy (non-hydrogen) atoms. The van der Waals surface area contributed by atoms with E-state index in [4.69, 9.17) is 9.47 Å². The topological polar surface area (TPSA) is 65.3 Å². The van der Waals surface area contributed by atoms with Crippen molar-refractivity contribution >= 4 is 0 Å². The van der Waals surface area contributed by atoms with Gasteiger partial charge in [0.25, 0.3) is 0 Å². The highest BCUT2D eigenvalue weighted by Gasteiger charge is 2.23. The molecule has 1 unspecified atom stereocenters. The van der Waals surface area contributed by atoms with E-state index < -0.39 is 0 Å². The first-order valence-electron chi connectivity index (χ1n) is 9.23. The molecule has 3 rings (SSSR count). The molecule has 0 aliphatic rings. The van der Waals surface area contributed by atoms with Crippen LogP contribution in [-0.4, -0.2) is 53.4 Å². The van der Waals surface area contributed by atoms with E-state index in [0.29, 0.717) is 6.54 Å². The summed E-state index contributed by atoms with van der Waals surface area (Å²) in [7, 11) is 7.36. The van der Waals surface area contributed by atoms with Crippen LogP contribution in [0.15, 0.2) is 42.5 Å². The van der Waals surface area contributed by atoms with Gasteiger partial charge in [0.2, 0.25) is 0 Å². The van der Waals surface area contributed by atoms with Gasteiger partial charge >= 0.3 is 0 Å². The molecule has 1 atom stereocenters. The minimum Gasteiger partial charge on any atom is -0.493 e. The van der Waals surface area contributed by atoms with Crippen molar-refractivity contribution in [3.63, 3.8) is 0 Å². The Kier molecular flexibility index (Phi) is 6.26. The van der Waals surface area contributed by atoms with E-state index in [9.17, 15) is 0 Å². The molecule has 2 aromatic carbocycles. The first kappa shape index (κ1) is 19.8. The number of hydrogen-bond donors (Lipinski definition) is 0. The summed E-state index contributed by atoms with van der Waals surface area (Å²) in [6.07, 6.45) is 0.784. The Morgan fingerprint density at radius 2 is 1.71 bits per heavy atom. The lowest BCUT2D eigenvalue weighted by Crippen LogP contribution is -2.25. The summed E-state index contributed by atoms with van der Waals surface area (Å²) in [5.41, 5.74) is 3.53. The third kappa shape index (κ3) is 4.31. The maximum absolute atomic E-state index is 5.40. The van der Waals surface area contributed by atoms with Crippen LogP contribution in [-0.2, 0) is 13.0 Å². The lowest BCUT2D eigenvalue weighted by molar-refractivity contribution is 0.317. The highest BCUT2D eigenvalue weighted by atomic mass is 16.5. The van der Waals surface area contributed by atoms with Gasteiger partial charge in [-0.2, -0.15) is 0 Å². The second kappa shape index (κ2) is 8.84. The van der Waals surface area contributed by atoms with E-state index in [0.717, 1.165) is 34.9 Å². The van der Waals surface area contributed by atoms with Crippen molar-refractivity contribution in [1.29, 1.82) is 0 Å². The molecule has 0 aliphatic carbocycles. The predicted octanol–water partition coefficient (Wildman–Crippen LogP) is 2.89. The number of hydrogen-bond acceptors (Lipinski definition) is 6. The number of ether oxygens (including phenoxy) is 2. The molecule has 0 fully saturated rings. The SMILES string of the molecule is COc1ccc(CCn2nnnc2C(c2ccc(C)cc2)N(C)C)cc1OC. The van der Waals surface area contributed by atoms with Crippen LogP contribution in [0, 0.1) is 6.92 Å². The van der Waals surface area contributed by atoms with E-state index in [1.807, 2.05) is 37.0 Å². The van der Waals surface area contributed by atoms with Gasteiger partial charge in [0.05, 0.1) is 20.3 Å². The van der Waals surface area contributed by atoms with E-state index >= 15 is 0 Å². The number of nitrogens with zero attached hydrogens (tertiary/aromatic N) is 5. The number of rotatable bonds is 8. The van der Waals surface area contributed by atoms with Crippen molar-refractivity contribution < 1.29 is 9.47 Å². The Morgan fingerprint density at radius 1 is 1.00 bits per heavy atom. The highest BCUT2D eigenvalue weighted by molar-refractivity contribution is 5.42. The maximum Gasteiger partial charge on any atom is 0.173 e. The van der Waals surface area contributed by atoms with Gasteiger partial charge in [-0.3, -0.25) is 4.90 Å². The fourth-order valence-corrected chi connectivity index (χ4v) is 3.26. The number of aryl methyl sites for hydroxylation is 3. The van der Waals surface area contributed by atoms with Crippen molar-refractivity contribution in [2.75, 3.05) is 28.3 Å². The largest absolute Gasteiger partial charge is 0.493 e. The van der Waals surface area contributed by atoms with Gasteiger partial charge in [-0.15, -0.1) is 5.10 Å². The Balaban J connectivity index is 1.82. The van der Waals surface area contributed by atoms with Crippen molar-refractivity contribution in [1.82, 2.24) is 25.1 Å². The Labute approximate surface area is 165 Å². The van der Waals surface area contributed by atoms with Crippen LogP contribution in [0.3, 0.4) is 0 Å². The fraction of sp³-hybridized carbons (Fsp3) is 0.381. The zero-order chi connectivity index (χ0) is 20.1. The molecule has 0 radical (unpaired) electrons. The molecular formula is C21H27N5O2. The molecule has 0 spiro atoms. The zero-order valence-corrected chi connectivity index (χ0v) is 17.1. The van der Waals surface area contributed by atoms with Gasteiger partial charge in [-0.25, -0.2) is 4.68 Å². The van der Waals surface area contributed by atoms with Crippen molar-refractivity contribution in [2.24, 2.45) is 0 Å². The highest BCUT2D eigenvalue weighted by Crippen LogP contribution is 2.28. The minimum absolute atomic E-state index is 0.0130. The Morgan fingerprint density at radius 3 is 2.36 bits per heavy atom. The lowest BCUT2D eigenvalue weighted by Gasteiger charge is -2.24. The molecule has 0 saturated carbocycles. The van der Waals surface area contributed by atoms with Gasteiger partial charge < -0.3 is 9.47 Å². The van der Waals surface area contributed by atoms with Gasteiger partial charge in [0.1, 0.15) is 0 Å². The van der Waals surface area contributed by atoms with Crippen molar-refractivity contribution in [3.8, 4) is 11.5 Å². The molecule has 7 heteroatoms. The average Bonchev–Trinajstić information content (AvgIpc) is 3.15. The third-order valence-corrected chi connectivity index (χ3v) is 4.77. The number of aromatic nitrogens is 4. The summed E-state index contributed by atoms with van der Waals surface area (Å²) < 4.78 is 12.6. The number of benzene rings is 2. The molecule has 0 amide bonds. The predicted molar refractivity (Wildman–Crippen MR) is 108 cm³/mol. The van der Waals surface area contributed by atoms with Crippen molar-refractivity contribution in [3.05, 3.63) is 65.0 Å². The molecule has 7 nitrogen and oxygen atoms in total. The molecule has 3 aromatic rings. The second-order valence-corrected chi connectivity index (χ2v) is 6.98. The average molecular weight is 381 g/mol. The summed E-state index contributed by atoms with van der Waals surface area (Å²) in [6.45, 7) is 2.76. The lowest BCUT2D eigenvalue weighted by atomic mass is 10.0. The van der Waals surface area contributed by atoms with Crippen LogP contribution in [0.1, 0.15) is 28.6 Å². The van der Waals surface area contributed by atoms with Gasteiger partial charge in [0, 0.05) is 6.54 Å². The minimum atomic E-state index is -0.0130. The maximum atomic E-state index is 5.40. The second-order valence-electron chi connectivity index (χ2n) is 6.98. The van der Waals surface area contributed by atoms with E-state index in [2.05, 4.69) is 51.6 Å². The fourth-order valence-electron chi connectivity index (χ4n) is 3.26. The van der Waals surface area contributed by atoms with E-state index in [1.54, 1.807) is 14.2 Å². The molecule has 0 saturated heterocycles. The van der Waals surface area contributed by atoms with E-state index in [1.165, 1.54) is 5.56 Å². The molecule has 148 valence electrons. The van der Waals surface area contributed by atoms with Crippen LogP contribution < -0.4 is 9.47 Å². The molecule has 0 bridgehead atoms. The van der Waals surface area contributed by atoms with Crippen LogP contribution in [0.4, 0.5) is 0 Å². The van der Waals surface area contributed by atoms with Crippen LogP contribution in [0.2, 0.25) is 0 Å². The number of methoxy groups -OCH3 is 2. The van der Waals surface area contributed by atoms with Gasteiger partial charge in [-0.1, -0.05) is 35.9 Å². The van der Waals surface area contributed by atoms with Crippen LogP contribution in [0.5, 0.6) is 11.5 Å². The molecule has 0 N–H and O–H groups in total. The van der Waals surface area contributed by atoms with Gasteiger partial charge in [-0.05, 0) is 61.1 Å². The molecule has 0 aliphatic heterocycles. The molecule has 1 aromatic heterocycles. The summed E-state index contributed by atoms with van der Waals surface area (Å²) >= 11 is 0. The Hall–Kier alpha value is -2.93. The quantitative estimate of drug-likeness (QED) is 0.598. The summed E-state index contributed by atoms with van der Waals surface area (Å²) in [5, 5.41) is 12.5. The van der Waals surface area contributed by atoms with Gasteiger partial charge in [0.15, 0.2) is 17.3 Å². The van der Waals surface area contributed by atoms with Crippen LogP contribution in [0.25, 0.3) is 0 Å². The van der Waals surface area contributed by atoms with E-state index in [-0.39, 0.29) is 6.04 Å². The Bertz CT molecular complexity index is 905. The summed E-state index contributed by atoms with van der Waals surface area (Å²) in [6, 6.07) is 14.4. The standard InChI is InChI=1S/C21H27N5O2/c1-15-6-9-17(10-7-15)20(25(2)3)21-22-23-24-26(21)13-12-16-8-11-18(27-4)19(14-16)28-5/h6-11,14,20H,12-13H2,1-5H3. The first-order chi connectivity index (χ1) is 13.5. The third-order valence-electron chi connectivity index (χ3n) is 4.77. The summed E-state index contributed by atoms with van der Waals surface area (Å²) in [4.78, 5) is 2.13. The first-order valence-corrected chi connectivity index (χ1v) is 9.23. The summed E-state index contributed by atoms with van der Waals surface area (Å²) in [5.74, 6) is 2.28. The monoisotopic (exact) mass is 381 g/mol. The normalized spacial score (nSPS) is 12.2. The zero-order valence-electron chi connectivity index (χ0n) is 17.1.